The molecule has 2 unspecified atom stereocenters. The van der Waals surface area contributed by atoms with Crippen LogP contribution in [-0.4, -0.2) is 43.3 Å². The second-order valence-corrected chi connectivity index (χ2v) is 4.12. The van der Waals surface area contributed by atoms with E-state index in [9.17, 15) is 0 Å². The van der Waals surface area contributed by atoms with Crippen LogP contribution in [0.15, 0.2) is 11.6 Å². The summed E-state index contributed by atoms with van der Waals surface area (Å²) in [4.78, 5) is 2.38. The highest BCUT2D eigenvalue weighted by Crippen LogP contribution is 2.09. The van der Waals surface area contributed by atoms with Crippen molar-refractivity contribution in [1.29, 1.82) is 0 Å². The van der Waals surface area contributed by atoms with E-state index in [1.54, 1.807) is 0 Å². The highest BCUT2D eigenvalue weighted by molar-refractivity contribution is 5.03. The lowest BCUT2D eigenvalue weighted by atomic mass is 10.1. The SMILES string of the molecule is CCN1CCOC(C(N)C=C(C)C)C1. The Morgan fingerprint density at radius 3 is 2.93 bits per heavy atom. The van der Waals surface area contributed by atoms with Crippen LogP contribution in [0, 0.1) is 0 Å². The standard InChI is InChI=1S/C11H22N2O/c1-4-13-5-6-14-11(8-13)10(12)7-9(2)3/h7,10-11H,4-6,8,12H2,1-3H3. The van der Waals surface area contributed by atoms with Gasteiger partial charge in [0.05, 0.1) is 18.8 Å². The summed E-state index contributed by atoms with van der Waals surface area (Å²) in [6.07, 6.45) is 2.25. The summed E-state index contributed by atoms with van der Waals surface area (Å²) in [6.45, 7) is 10.2. The van der Waals surface area contributed by atoms with Gasteiger partial charge in [-0.1, -0.05) is 18.6 Å². The summed E-state index contributed by atoms with van der Waals surface area (Å²) in [5.74, 6) is 0. The van der Waals surface area contributed by atoms with Gasteiger partial charge in [0.25, 0.3) is 0 Å². The summed E-state index contributed by atoms with van der Waals surface area (Å²) in [7, 11) is 0. The molecule has 0 spiro atoms. The number of hydrogen-bond donors (Lipinski definition) is 1. The summed E-state index contributed by atoms with van der Waals surface area (Å²) in [5, 5.41) is 0. The zero-order valence-electron chi connectivity index (χ0n) is 9.49. The number of rotatable bonds is 3. The lowest BCUT2D eigenvalue weighted by molar-refractivity contribution is -0.0319. The third-order valence-corrected chi connectivity index (χ3v) is 2.58. The maximum atomic E-state index is 6.04. The van der Waals surface area contributed by atoms with E-state index in [0.717, 1.165) is 26.2 Å². The first-order chi connectivity index (χ1) is 6.63. The number of likely N-dealkylation sites (N-methyl/N-ethyl adjacent to an activating group) is 1. The van der Waals surface area contributed by atoms with E-state index in [-0.39, 0.29) is 12.1 Å². The van der Waals surface area contributed by atoms with E-state index in [0.29, 0.717) is 0 Å². The molecule has 3 nitrogen and oxygen atoms in total. The number of hydrogen-bond acceptors (Lipinski definition) is 3. The molecule has 2 atom stereocenters. The molecule has 0 aromatic carbocycles. The van der Waals surface area contributed by atoms with Gasteiger partial charge in [-0.05, 0) is 20.4 Å². The van der Waals surface area contributed by atoms with Crippen LogP contribution in [0.5, 0.6) is 0 Å². The van der Waals surface area contributed by atoms with Crippen molar-refractivity contribution >= 4 is 0 Å². The number of ether oxygens (including phenoxy) is 1. The van der Waals surface area contributed by atoms with Crippen LogP contribution >= 0.6 is 0 Å². The van der Waals surface area contributed by atoms with Crippen LogP contribution in [0.25, 0.3) is 0 Å². The second kappa shape index (κ2) is 5.49. The van der Waals surface area contributed by atoms with E-state index in [1.165, 1.54) is 5.57 Å². The minimum Gasteiger partial charge on any atom is -0.374 e. The van der Waals surface area contributed by atoms with Gasteiger partial charge in [0, 0.05) is 13.1 Å². The first kappa shape index (κ1) is 11.7. The average Bonchev–Trinajstić information content (AvgIpc) is 2.17. The third kappa shape index (κ3) is 3.40. The zero-order valence-corrected chi connectivity index (χ0v) is 9.49. The van der Waals surface area contributed by atoms with Crippen LogP contribution in [-0.2, 0) is 4.74 Å². The Hall–Kier alpha value is -0.380. The Bertz CT molecular complexity index is 199. The predicted octanol–water partition coefficient (Wildman–Crippen LogP) is 1.00. The Balaban J connectivity index is 2.47. The first-order valence-corrected chi connectivity index (χ1v) is 5.38. The van der Waals surface area contributed by atoms with Gasteiger partial charge in [0.2, 0.25) is 0 Å². The quantitative estimate of drug-likeness (QED) is 0.688. The molecule has 0 saturated carbocycles. The first-order valence-electron chi connectivity index (χ1n) is 5.38. The molecule has 0 radical (unpaired) electrons. The summed E-state index contributed by atoms with van der Waals surface area (Å²) in [6, 6.07) is 0.0364. The average molecular weight is 198 g/mol. The summed E-state index contributed by atoms with van der Waals surface area (Å²) >= 11 is 0. The Morgan fingerprint density at radius 2 is 2.36 bits per heavy atom. The van der Waals surface area contributed by atoms with E-state index in [4.69, 9.17) is 10.5 Å². The molecular formula is C11H22N2O. The topological polar surface area (TPSA) is 38.5 Å². The van der Waals surface area contributed by atoms with Crippen molar-refractivity contribution in [2.24, 2.45) is 5.73 Å². The molecule has 0 aromatic heterocycles. The maximum absolute atomic E-state index is 6.04. The Kier molecular flexibility index (Phi) is 4.58. The van der Waals surface area contributed by atoms with Crippen LogP contribution in [0.3, 0.4) is 0 Å². The molecule has 1 heterocycles. The number of nitrogens with zero attached hydrogens (tertiary/aromatic N) is 1. The van der Waals surface area contributed by atoms with Gasteiger partial charge < -0.3 is 10.5 Å². The van der Waals surface area contributed by atoms with Crippen LogP contribution in [0.4, 0.5) is 0 Å². The molecule has 1 aliphatic rings. The van der Waals surface area contributed by atoms with Crippen molar-refractivity contribution < 1.29 is 4.74 Å². The van der Waals surface area contributed by atoms with Crippen LogP contribution < -0.4 is 5.73 Å². The molecular weight excluding hydrogens is 176 g/mol. The van der Waals surface area contributed by atoms with Gasteiger partial charge in [0.15, 0.2) is 0 Å². The fraction of sp³-hybridized carbons (Fsp3) is 0.818. The highest BCUT2D eigenvalue weighted by Gasteiger charge is 2.23. The van der Waals surface area contributed by atoms with Gasteiger partial charge in [-0.2, -0.15) is 0 Å². The van der Waals surface area contributed by atoms with Crippen LogP contribution in [0.1, 0.15) is 20.8 Å². The molecule has 0 amide bonds. The van der Waals surface area contributed by atoms with Gasteiger partial charge in [-0.3, -0.25) is 4.90 Å². The highest BCUT2D eigenvalue weighted by atomic mass is 16.5. The van der Waals surface area contributed by atoms with Gasteiger partial charge in [0.1, 0.15) is 0 Å². The lowest BCUT2D eigenvalue weighted by Gasteiger charge is -2.34. The van der Waals surface area contributed by atoms with Crippen molar-refractivity contribution in [3.8, 4) is 0 Å². The van der Waals surface area contributed by atoms with E-state index >= 15 is 0 Å². The molecule has 0 aliphatic carbocycles. The summed E-state index contributed by atoms with van der Waals surface area (Å²) in [5.41, 5.74) is 7.30. The Morgan fingerprint density at radius 1 is 1.64 bits per heavy atom. The van der Waals surface area contributed by atoms with Crippen molar-refractivity contribution in [1.82, 2.24) is 4.90 Å². The van der Waals surface area contributed by atoms with Crippen LogP contribution in [0.2, 0.25) is 0 Å². The van der Waals surface area contributed by atoms with Crippen molar-refractivity contribution in [3.63, 3.8) is 0 Å². The number of allylic oxidation sites excluding steroid dienone is 1. The smallest absolute Gasteiger partial charge is 0.0888 e. The lowest BCUT2D eigenvalue weighted by Crippen LogP contribution is -2.49. The molecule has 1 saturated heterocycles. The minimum absolute atomic E-state index is 0.0364. The van der Waals surface area contributed by atoms with Gasteiger partial charge in [-0.25, -0.2) is 0 Å². The molecule has 0 bridgehead atoms. The van der Waals surface area contributed by atoms with E-state index < -0.39 is 0 Å². The van der Waals surface area contributed by atoms with Crippen molar-refractivity contribution in [2.45, 2.75) is 32.9 Å². The monoisotopic (exact) mass is 198 g/mol. The normalized spacial score (nSPS) is 25.9. The molecule has 1 aliphatic heterocycles. The molecule has 2 N–H and O–H groups in total. The zero-order chi connectivity index (χ0) is 10.6. The minimum atomic E-state index is 0.0364. The number of nitrogens with two attached hydrogens (primary N) is 1. The summed E-state index contributed by atoms with van der Waals surface area (Å²) < 4.78 is 5.66. The van der Waals surface area contributed by atoms with Gasteiger partial charge >= 0.3 is 0 Å². The molecule has 3 heteroatoms. The molecule has 1 rings (SSSR count). The molecule has 14 heavy (non-hydrogen) atoms. The van der Waals surface area contributed by atoms with Crippen molar-refractivity contribution in [3.05, 3.63) is 11.6 Å². The molecule has 82 valence electrons. The largest absolute Gasteiger partial charge is 0.374 e. The van der Waals surface area contributed by atoms with Gasteiger partial charge in [-0.15, -0.1) is 0 Å². The fourth-order valence-corrected chi connectivity index (χ4v) is 1.74. The maximum Gasteiger partial charge on any atom is 0.0888 e. The van der Waals surface area contributed by atoms with Crippen molar-refractivity contribution in [2.75, 3.05) is 26.2 Å². The molecule has 1 fully saturated rings. The fourth-order valence-electron chi connectivity index (χ4n) is 1.74. The number of morpholine rings is 1. The van der Waals surface area contributed by atoms with E-state index in [2.05, 4.69) is 31.7 Å². The Labute approximate surface area is 86.9 Å². The predicted molar refractivity (Wildman–Crippen MR) is 59.3 cm³/mol. The second-order valence-electron chi connectivity index (χ2n) is 4.12. The van der Waals surface area contributed by atoms with E-state index in [1.807, 2.05) is 0 Å². The molecule has 0 aromatic rings. The third-order valence-electron chi connectivity index (χ3n) is 2.58.